The van der Waals surface area contributed by atoms with E-state index in [-0.39, 0.29) is 24.0 Å². The number of halogens is 1. The van der Waals surface area contributed by atoms with E-state index in [0.717, 1.165) is 0 Å². The van der Waals surface area contributed by atoms with Gasteiger partial charge in [-0.25, -0.2) is 24.3 Å². The van der Waals surface area contributed by atoms with Crippen LogP contribution in [0.4, 0.5) is 0 Å². The molecule has 0 aliphatic rings. The minimum atomic E-state index is -1.60. The Hall–Kier alpha value is -4.19. The Morgan fingerprint density at radius 1 is 1.03 bits per heavy atom. The van der Waals surface area contributed by atoms with Gasteiger partial charge in [-0.3, -0.25) is 14.4 Å². The number of aromatic hydroxyl groups is 1. The van der Waals surface area contributed by atoms with E-state index >= 15 is 0 Å². The van der Waals surface area contributed by atoms with Gasteiger partial charge in [-0.2, -0.15) is 5.10 Å². The molecule has 0 radical (unpaired) electrons. The molecule has 0 saturated heterocycles. The Morgan fingerprint density at radius 3 is 2.17 bits per heavy atom. The highest BCUT2D eigenvalue weighted by atomic mass is 35.5. The topological polar surface area (TPSA) is 189 Å². The van der Waals surface area contributed by atoms with Gasteiger partial charge in [-0.15, -0.1) is 0 Å². The first-order valence-corrected chi connectivity index (χ1v) is 8.19. The molecule has 1 aromatic carbocycles. The molecule has 0 aliphatic heterocycles. The average molecular weight is 435 g/mol. The number of rotatable bonds is 6. The first kappa shape index (κ1) is 22.1. The van der Waals surface area contributed by atoms with Crippen molar-refractivity contribution in [3.05, 3.63) is 56.5 Å². The second-order valence-electron chi connectivity index (χ2n) is 5.43. The molecule has 0 fully saturated rings. The number of hydrogen-bond acceptors (Lipinski definition) is 7. The van der Waals surface area contributed by atoms with Gasteiger partial charge in [0.2, 0.25) is 0 Å². The summed E-state index contributed by atoms with van der Waals surface area (Å²) in [6, 6.07) is 6.25. The van der Waals surface area contributed by atoms with Gasteiger partial charge in [-0.1, -0.05) is 29.8 Å². The molecule has 0 saturated carbocycles. The number of carbonyl (C=O) groups is 4. The van der Waals surface area contributed by atoms with Gasteiger partial charge in [0.1, 0.15) is 12.4 Å². The fourth-order valence-electron chi connectivity index (χ4n) is 2.15. The van der Waals surface area contributed by atoms with Crippen LogP contribution in [0.1, 0.15) is 26.4 Å². The monoisotopic (exact) mass is 434 g/mol. The lowest BCUT2D eigenvalue weighted by Gasteiger charge is -2.11. The molecule has 2 rings (SSSR count). The van der Waals surface area contributed by atoms with Crippen LogP contribution in [0, 0.1) is 0 Å². The summed E-state index contributed by atoms with van der Waals surface area (Å²) in [6.07, 6.45) is 0.404. The van der Waals surface area contributed by atoms with Crippen LogP contribution in [0.5, 0.6) is 5.75 Å². The Labute approximate surface area is 171 Å². The van der Waals surface area contributed by atoms with Gasteiger partial charge in [0.25, 0.3) is 11.5 Å². The van der Waals surface area contributed by atoms with E-state index < -0.39 is 46.3 Å². The number of aliphatic imine (C=N–C) groups is 2. The summed E-state index contributed by atoms with van der Waals surface area (Å²) in [7, 11) is 0. The van der Waals surface area contributed by atoms with Gasteiger partial charge in [0.05, 0.1) is 6.54 Å². The second kappa shape index (κ2) is 9.34. The number of carbonyl (C=O) groups excluding carboxylic acids is 2. The van der Waals surface area contributed by atoms with Crippen LogP contribution in [-0.2, 0) is 16.1 Å². The number of benzene rings is 1. The van der Waals surface area contributed by atoms with Gasteiger partial charge in [-0.05, 0) is 11.6 Å². The Balaban J connectivity index is 2.69. The van der Waals surface area contributed by atoms with Crippen LogP contribution in [0.2, 0.25) is 5.02 Å². The number of aliphatic carboxylic acids is 2. The molecule has 0 unspecified atom stereocenters. The Kier molecular flexibility index (Phi) is 6.88. The number of aromatic nitrogens is 2. The van der Waals surface area contributed by atoms with E-state index in [2.05, 4.69) is 15.1 Å². The molecular formula is C17H11ClN4O8. The van der Waals surface area contributed by atoms with Crippen molar-refractivity contribution >= 4 is 47.8 Å². The largest absolute Gasteiger partial charge is 0.505 e. The Morgan fingerprint density at radius 2 is 1.60 bits per heavy atom. The van der Waals surface area contributed by atoms with Crippen molar-refractivity contribution in [1.29, 1.82) is 0 Å². The molecule has 1 aromatic heterocycles. The summed E-state index contributed by atoms with van der Waals surface area (Å²) in [5, 5.41) is 31.2. The third-order valence-corrected chi connectivity index (χ3v) is 3.78. The third-order valence-electron chi connectivity index (χ3n) is 3.41. The molecule has 3 N–H and O–H groups in total. The van der Waals surface area contributed by atoms with E-state index in [0.29, 0.717) is 10.2 Å². The SMILES string of the molecule is O=C(O)C=NC(=O)c1nn(Cc2ccccc2Cl)c(=O)c(C(=O)N=CC(=O)O)c1O. The van der Waals surface area contributed by atoms with Crippen molar-refractivity contribution in [3.8, 4) is 5.75 Å². The molecular weight excluding hydrogens is 424 g/mol. The Bertz CT molecular complexity index is 1170. The fraction of sp³-hybridized carbons (Fsp3) is 0.0588. The highest BCUT2D eigenvalue weighted by Gasteiger charge is 2.26. The zero-order valence-corrected chi connectivity index (χ0v) is 15.5. The predicted octanol–water partition coefficient (Wildman–Crippen LogP) is 0.242. The molecule has 30 heavy (non-hydrogen) atoms. The number of hydrogen-bond donors (Lipinski definition) is 3. The molecule has 0 bridgehead atoms. The molecule has 2 amide bonds. The van der Waals surface area contributed by atoms with Crippen LogP contribution >= 0.6 is 11.6 Å². The maximum atomic E-state index is 12.6. The number of carboxylic acid groups (broad SMARTS) is 2. The van der Waals surface area contributed by atoms with Crippen LogP contribution in [-0.4, -0.2) is 61.3 Å². The van der Waals surface area contributed by atoms with Gasteiger partial charge < -0.3 is 15.3 Å². The quantitative estimate of drug-likeness (QED) is 0.534. The van der Waals surface area contributed by atoms with Gasteiger partial charge in [0.15, 0.2) is 17.0 Å². The average Bonchev–Trinajstić information content (AvgIpc) is 2.68. The lowest BCUT2D eigenvalue weighted by atomic mass is 10.2. The van der Waals surface area contributed by atoms with Crippen molar-refractivity contribution in [1.82, 2.24) is 9.78 Å². The van der Waals surface area contributed by atoms with E-state index in [4.69, 9.17) is 21.8 Å². The van der Waals surface area contributed by atoms with Crippen molar-refractivity contribution in [2.45, 2.75) is 6.54 Å². The molecule has 0 atom stereocenters. The van der Waals surface area contributed by atoms with Crippen molar-refractivity contribution in [2.24, 2.45) is 9.98 Å². The third kappa shape index (κ3) is 5.20. The van der Waals surface area contributed by atoms with Crippen LogP contribution in [0.25, 0.3) is 0 Å². The van der Waals surface area contributed by atoms with Gasteiger partial charge in [0, 0.05) is 5.02 Å². The molecule has 13 heteroatoms. The van der Waals surface area contributed by atoms with E-state index in [1.54, 1.807) is 12.1 Å². The fourth-order valence-corrected chi connectivity index (χ4v) is 2.34. The lowest BCUT2D eigenvalue weighted by Crippen LogP contribution is -2.31. The summed E-state index contributed by atoms with van der Waals surface area (Å²) in [5.41, 5.74) is -2.81. The molecule has 154 valence electrons. The molecule has 0 spiro atoms. The van der Waals surface area contributed by atoms with E-state index in [1.807, 2.05) is 0 Å². The maximum absolute atomic E-state index is 12.6. The predicted molar refractivity (Wildman–Crippen MR) is 102 cm³/mol. The highest BCUT2D eigenvalue weighted by Crippen LogP contribution is 2.21. The summed E-state index contributed by atoms with van der Waals surface area (Å²) in [5.74, 6) is -7.24. The number of amides is 2. The molecule has 0 aliphatic carbocycles. The summed E-state index contributed by atoms with van der Waals surface area (Å²) < 4.78 is 0.605. The van der Waals surface area contributed by atoms with Crippen LogP contribution in [0.15, 0.2) is 39.0 Å². The summed E-state index contributed by atoms with van der Waals surface area (Å²) >= 11 is 6.03. The van der Waals surface area contributed by atoms with Crippen molar-refractivity contribution in [2.75, 3.05) is 0 Å². The first-order valence-electron chi connectivity index (χ1n) is 7.82. The summed E-state index contributed by atoms with van der Waals surface area (Å²) in [6.45, 7) is -0.343. The standard InChI is InChI=1S/C17H11ClN4O8/c18-9-4-2-1-3-8(9)7-22-17(30)12(15(28)19-5-10(23)24)14(27)13(21-22)16(29)20-6-11(25)26/h1-6,27H,7H2,(H,23,24)(H,25,26). The maximum Gasteiger partial charge on any atom is 0.347 e. The zero-order valence-electron chi connectivity index (χ0n) is 14.7. The van der Waals surface area contributed by atoms with Gasteiger partial charge >= 0.3 is 17.8 Å². The van der Waals surface area contributed by atoms with E-state index in [9.17, 15) is 29.1 Å². The molecule has 2 aromatic rings. The molecule has 1 heterocycles. The smallest absolute Gasteiger partial charge is 0.347 e. The van der Waals surface area contributed by atoms with Crippen molar-refractivity contribution in [3.63, 3.8) is 0 Å². The minimum absolute atomic E-state index is 0.185. The minimum Gasteiger partial charge on any atom is -0.505 e. The second-order valence-corrected chi connectivity index (χ2v) is 5.84. The van der Waals surface area contributed by atoms with Crippen molar-refractivity contribution < 1.29 is 34.5 Å². The molecule has 12 nitrogen and oxygen atoms in total. The first-order chi connectivity index (χ1) is 14.1. The highest BCUT2D eigenvalue weighted by molar-refractivity contribution is 6.31. The normalized spacial score (nSPS) is 11.1. The lowest BCUT2D eigenvalue weighted by molar-refractivity contribution is -0.129. The summed E-state index contributed by atoms with van der Waals surface area (Å²) in [4.78, 5) is 64.1. The van der Waals surface area contributed by atoms with Crippen LogP contribution in [0.3, 0.4) is 0 Å². The van der Waals surface area contributed by atoms with E-state index in [1.165, 1.54) is 12.1 Å². The number of carboxylic acids is 2. The number of nitrogens with zero attached hydrogens (tertiary/aromatic N) is 4. The van der Waals surface area contributed by atoms with Crippen LogP contribution < -0.4 is 5.56 Å². The zero-order chi connectivity index (χ0) is 22.4.